The van der Waals surface area contributed by atoms with Crippen LogP contribution < -0.4 is 11.1 Å². The van der Waals surface area contributed by atoms with Gasteiger partial charge in [-0.25, -0.2) is 0 Å². The summed E-state index contributed by atoms with van der Waals surface area (Å²) in [5.74, 6) is 0.679. The van der Waals surface area contributed by atoms with E-state index in [9.17, 15) is 4.79 Å². The lowest BCUT2D eigenvalue weighted by Crippen LogP contribution is -2.46. The van der Waals surface area contributed by atoms with Gasteiger partial charge in [-0.3, -0.25) is 4.79 Å². The van der Waals surface area contributed by atoms with Gasteiger partial charge in [0.15, 0.2) is 0 Å². The molecule has 4 nitrogen and oxygen atoms in total. The van der Waals surface area contributed by atoms with Crippen LogP contribution in [-0.4, -0.2) is 31.2 Å². The summed E-state index contributed by atoms with van der Waals surface area (Å²) in [6, 6.07) is 0.0219. The molecule has 3 N–H and O–H groups in total. The first-order valence-corrected chi connectivity index (χ1v) is 6.69. The smallest absolute Gasteiger partial charge is 0.224 e. The summed E-state index contributed by atoms with van der Waals surface area (Å²) in [5, 5.41) is 2.94. The highest BCUT2D eigenvalue weighted by Gasteiger charge is 2.31. The van der Waals surface area contributed by atoms with Crippen LogP contribution in [0, 0.1) is 11.8 Å². The minimum atomic E-state index is -0.0208. The molecule has 0 saturated heterocycles. The van der Waals surface area contributed by atoms with Gasteiger partial charge in [0, 0.05) is 19.2 Å². The van der Waals surface area contributed by atoms with Crippen molar-refractivity contribution in [2.75, 3.05) is 13.2 Å². The molecule has 4 heteroatoms. The van der Waals surface area contributed by atoms with Gasteiger partial charge in [-0.1, -0.05) is 6.92 Å². The second-order valence-electron chi connectivity index (χ2n) is 5.20. The Balaban J connectivity index is 2.35. The van der Waals surface area contributed by atoms with Crippen LogP contribution in [0.1, 0.15) is 40.0 Å². The maximum atomic E-state index is 12.0. The van der Waals surface area contributed by atoms with E-state index in [2.05, 4.69) is 12.2 Å². The van der Waals surface area contributed by atoms with Gasteiger partial charge in [0.05, 0.1) is 12.0 Å². The van der Waals surface area contributed by atoms with Crippen molar-refractivity contribution in [3.8, 4) is 0 Å². The van der Waals surface area contributed by atoms with Gasteiger partial charge in [-0.2, -0.15) is 0 Å². The summed E-state index contributed by atoms with van der Waals surface area (Å²) in [6.07, 6.45) is 3.08. The molecule has 1 amide bonds. The van der Waals surface area contributed by atoms with Crippen molar-refractivity contribution in [1.29, 1.82) is 0 Å². The molecule has 4 unspecified atom stereocenters. The SMILES string of the molecule is CCOC(C)CNC(=O)C1CC(C)CCC1N. The number of hydrogen-bond donors (Lipinski definition) is 2. The Labute approximate surface area is 104 Å². The van der Waals surface area contributed by atoms with E-state index in [1.807, 2.05) is 13.8 Å². The van der Waals surface area contributed by atoms with Gasteiger partial charge in [-0.15, -0.1) is 0 Å². The average Bonchev–Trinajstić information content (AvgIpc) is 2.29. The number of carbonyl (C=O) groups excluding carboxylic acids is 1. The molecule has 0 spiro atoms. The standard InChI is InChI=1S/C13H26N2O2/c1-4-17-10(3)8-15-13(16)11-7-9(2)5-6-12(11)14/h9-12H,4-8,14H2,1-3H3,(H,15,16). The van der Waals surface area contributed by atoms with E-state index < -0.39 is 0 Å². The molecule has 0 radical (unpaired) electrons. The van der Waals surface area contributed by atoms with Crippen molar-refractivity contribution in [2.45, 2.75) is 52.2 Å². The van der Waals surface area contributed by atoms with Crippen molar-refractivity contribution < 1.29 is 9.53 Å². The summed E-state index contributed by atoms with van der Waals surface area (Å²) in [4.78, 5) is 12.0. The molecule has 1 fully saturated rings. The van der Waals surface area contributed by atoms with E-state index in [1.54, 1.807) is 0 Å². The molecule has 0 aromatic heterocycles. The second kappa shape index (κ2) is 6.97. The van der Waals surface area contributed by atoms with Crippen LogP contribution in [0.25, 0.3) is 0 Å². The van der Waals surface area contributed by atoms with E-state index in [-0.39, 0.29) is 24.0 Å². The topological polar surface area (TPSA) is 64.3 Å². The Morgan fingerprint density at radius 2 is 2.24 bits per heavy atom. The van der Waals surface area contributed by atoms with Crippen LogP contribution in [0.2, 0.25) is 0 Å². The first-order chi connectivity index (χ1) is 8.04. The van der Waals surface area contributed by atoms with Crippen LogP contribution >= 0.6 is 0 Å². The highest BCUT2D eigenvalue weighted by molar-refractivity contribution is 5.79. The number of rotatable bonds is 5. The Morgan fingerprint density at radius 1 is 1.53 bits per heavy atom. The highest BCUT2D eigenvalue weighted by atomic mass is 16.5. The van der Waals surface area contributed by atoms with E-state index >= 15 is 0 Å². The third-order valence-corrected chi connectivity index (χ3v) is 3.52. The quantitative estimate of drug-likeness (QED) is 0.763. The van der Waals surface area contributed by atoms with Crippen molar-refractivity contribution in [3.63, 3.8) is 0 Å². The molecule has 0 bridgehead atoms. The largest absolute Gasteiger partial charge is 0.377 e. The maximum absolute atomic E-state index is 12.0. The minimum absolute atomic E-state index is 0.0208. The zero-order chi connectivity index (χ0) is 12.8. The predicted molar refractivity (Wildman–Crippen MR) is 68.6 cm³/mol. The third kappa shape index (κ3) is 4.64. The summed E-state index contributed by atoms with van der Waals surface area (Å²) in [7, 11) is 0. The fourth-order valence-corrected chi connectivity index (χ4v) is 2.42. The number of amides is 1. The number of carbonyl (C=O) groups is 1. The fourth-order valence-electron chi connectivity index (χ4n) is 2.42. The van der Waals surface area contributed by atoms with Crippen molar-refractivity contribution in [3.05, 3.63) is 0 Å². The van der Waals surface area contributed by atoms with Crippen LogP contribution in [0.3, 0.4) is 0 Å². The van der Waals surface area contributed by atoms with Crippen LogP contribution in [-0.2, 0) is 9.53 Å². The Morgan fingerprint density at radius 3 is 2.88 bits per heavy atom. The normalized spacial score (nSPS) is 30.9. The van der Waals surface area contributed by atoms with Crippen molar-refractivity contribution in [2.24, 2.45) is 17.6 Å². The summed E-state index contributed by atoms with van der Waals surface area (Å²) in [5.41, 5.74) is 6.02. The highest BCUT2D eigenvalue weighted by Crippen LogP contribution is 2.27. The molecule has 17 heavy (non-hydrogen) atoms. The van der Waals surface area contributed by atoms with Gasteiger partial charge < -0.3 is 15.8 Å². The number of hydrogen-bond acceptors (Lipinski definition) is 3. The van der Waals surface area contributed by atoms with Gasteiger partial charge in [0.2, 0.25) is 5.91 Å². The summed E-state index contributed by atoms with van der Waals surface area (Å²) < 4.78 is 5.38. The van der Waals surface area contributed by atoms with Gasteiger partial charge >= 0.3 is 0 Å². The number of ether oxygens (including phenoxy) is 1. The van der Waals surface area contributed by atoms with Crippen molar-refractivity contribution in [1.82, 2.24) is 5.32 Å². The van der Waals surface area contributed by atoms with Crippen molar-refractivity contribution >= 4 is 5.91 Å². The van der Waals surface area contributed by atoms with Crippen LogP contribution in [0.15, 0.2) is 0 Å². The molecule has 0 aliphatic heterocycles. The van der Waals surface area contributed by atoms with E-state index in [0.29, 0.717) is 19.1 Å². The Bertz CT molecular complexity index is 246. The van der Waals surface area contributed by atoms with Crippen LogP contribution in [0.4, 0.5) is 0 Å². The van der Waals surface area contributed by atoms with Crippen LogP contribution in [0.5, 0.6) is 0 Å². The molecule has 0 aromatic carbocycles. The molecular formula is C13H26N2O2. The van der Waals surface area contributed by atoms with Gasteiger partial charge in [-0.05, 0) is 39.0 Å². The third-order valence-electron chi connectivity index (χ3n) is 3.52. The maximum Gasteiger partial charge on any atom is 0.224 e. The average molecular weight is 242 g/mol. The van der Waals surface area contributed by atoms with Gasteiger partial charge in [0.1, 0.15) is 0 Å². The number of nitrogens with one attached hydrogen (secondary N) is 1. The van der Waals surface area contributed by atoms with E-state index in [4.69, 9.17) is 10.5 Å². The first kappa shape index (κ1) is 14.5. The molecule has 1 saturated carbocycles. The lowest BCUT2D eigenvalue weighted by Gasteiger charge is -2.31. The molecule has 100 valence electrons. The molecule has 1 rings (SSSR count). The molecule has 0 aromatic rings. The number of nitrogens with two attached hydrogens (primary N) is 1. The molecule has 0 heterocycles. The fraction of sp³-hybridized carbons (Fsp3) is 0.923. The van der Waals surface area contributed by atoms with Gasteiger partial charge in [0.25, 0.3) is 0 Å². The van der Waals surface area contributed by atoms with E-state index in [0.717, 1.165) is 19.3 Å². The molecule has 4 atom stereocenters. The zero-order valence-corrected chi connectivity index (χ0v) is 11.2. The lowest BCUT2D eigenvalue weighted by molar-refractivity contribution is -0.127. The summed E-state index contributed by atoms with van der Waals surface area (Å²) >= 11 is 0. The zero-order valence-electron chi connectivity index (χ0n) is 11.2. The lowest BCUT2D eigenvalue weighted by atomic mass is 9.79. The first-order valence-electron chi connectivity index (χ1n) is 6.69. The minimum Gasteiger partial charge on any atom is -0.377 e. The Kier molecular flexibility index (Phi) is 5.92. The van der Waals surface area contributed by atoms with E-state index in [1.165, 1.54) is 0 Å². The molecule has 1 aliphatic carbocycles. The monoisotopic (exact) mass is 242 g/mol. The second-order valence-corrected chi connectivity index (χ2v) is 5.20. The Hall–Kier alpha value is -0.610. The molecule has 1 aliphatic rings. The summed E-state index contributed by atoms with van der Waals surface area (Å²) in [6.45, 7) is 7.36. The molecular weight excluding hydrogens is 216 g/mol. The predicted octanol–water partition coefficient (Wildman–Crippen LogP) is 1.29.